The molecule has 1 aromatic rings. The number of rotatable bonds is 4. The normalized spacial score (nSPS) is 20.5. The first-order valence-corrected chi connectivity index (χ1v) is 7.59. The van der Waals surface area contributed by atoms with Gasteiger partial charge in [-0.1, -0.05) is 26.0 Å². The largest absolute Gasteiger partial charge is 0.373 e. The fourth-order valence-electron chi connectivity index (χ4n) is 2.55. The van der Waals surface area contributed by atoms with Crippen molar-refractivity contribution in [1.29, 1.82) is 0 Å². The number of anilines is 1. The molecule has 0 amide bonds. The first kappa shape index (κ1) is 15.3. The van der Waals surface area contributed by atoms with Gasteiger partial charge in [-0.2, -0.15) is 0 Å². The minimum Gasteiger partial charge on any atom is -0.373 e. The first-order valence-electron chi connectivity index (χ1n) is 7.59. The Balaban J connectivity index is 2.09. The zero-order valence-corrected chi connectivity index (χ0v) is 13.4. The molecule has 1 saturated heterocycles. The van der Waals surface area contributed by atoms with Gasteiger partial charge in [-0.15, -0.1) is 0 Å². The van der Waals surface area contributed by atoms with E-state index >= 15 is 0 Å². The van der Waals surface area contributed by atoms with E-state index in [4.69, 9.17) is 4.74 Å². The molecule has 20 heavy (non-hydrogen) atoms. The van der Waals surface area contributed by atoms with Gasteiger partial charge >= 0.3 is 0 Å². The van der Waals surface area contributed by atoms with Crippen LogP contribution in [0.5, 0.6) is 0 Å². The van der Waals surface area contributed by atoms with Gasteiger partial charge < -0.3 is 15.0 Å². The minimum atomic E-state index is -0.00343. The Morgan fingerprint density at radius 1 is 1.25 bits per heavy atom. The zero-order chi connectivity index (χ0) is 14.8. The highest BCUT2D eigenvalue weighted by molar-refractivity contribution is 5.48. The number of morpholine rings is 1. The maximum atomic E-state index is 5.94. The summed E-state index contributed by atoms with van der Waals surface area (Å²) in [5, 5.41) is 3.36. The highest BCUT2D eigenvalue weighted by Crippen LogP contribution is 2.24. The van der Waals surface area contributed by atoms with Gasteiger partial charge in [-0.25, -0.2) is 0 Å². The molecule has 0 bridgehead atoms. The lowest BCUT2D eigenvalue weighted by molar-refractivity contribution is -0.0103. The van der Waals surface area contributed by atoms with Crippen molar-refractivity contribution in [1.82, 2.24) is 5.32 Å². The maximum absolute atomic E-state index is 5.94. The standard InChI is InChI=1S/C17H28N2O/c1-13(2)14-6-8-15(9-7-14)19-10-11-20-16(12-19)17(3,4)18-5/h6-9,13,16,18H,10-12H2,1-5H3/t16-/m0/s1. The van der Waals surface area contributed by atoms with Gasteiger partial charge in [0.25, 0.3) is 0 Å². The fraction of sp³-hybridized carbons (Fsp3) is 0.647. The van der Waals surface area contributed by atoms with Crippen LogP contribution in [0.1, 0.15) is 39.2 Å². The van der Waals surface area contributed by atoms with Gasteiger partial charge in [0.15, 0.2) is 0 Å². The summed E-state index contributed by atoms with van der Waals surface area (Å²) in [6, 6.07) is 8.97. The lowest BCUT2D eigenvalue weighted by Gasteiger charge is -2.42. The number of nitrogens with zero attached hydrogens (tertiary/aromatic N) is 1. The van der Waals surface area contributed by atoms with E-state index in [1.54, 1.807) is 0 Å². The van der Waals surface area contributed by atoms with Gasteiger partial charge in [0.2, 0.25) is 0 Å². The average Bonchev–Trinajstić information content (AvgIpc) is 2.47. The van der Waals surface area contributed by atoms with Crippen LogP contribution in [0, 0.1) is 0 Å². The minimum absolute atomic E-state index is 0.00343. The van der Waals surface area contributed by atoms with E-state index in [-0.39, 0.29) is 11.6 Å². The molecule has 0 aromatic heterocycles. The maximum Gasteiger partial charge on any atom is 0.0926 e. The molecule has 1 aliphatic heterocycles. The second-order valence-corrected chi connectivity index (χ2v) is 6.52. The number of benzene rings is 1. The monoisotopic (exact) mass is 276 g/mol. The van der Waals surface area contributed by atoms with Crippen molar-refractivity contribution in [3.63, 3.8) is 0 Å². The van der Waals surface area contributed by atoms with Crippen LogP contribution < -0.4 is 10.2 Å². The molecule has 1 aromatic carbocycles. The van der Waals surface area contributed by atoms with Crippen molar-refractivity contribution >= 4 is 5.69 Å². The molecule has 1 atom stereocenters. The number of hydrogen-bond acceptors (Lipinski definition) is 3. The van der Waals surface area contributed by atoms with Gasteiger partial charge in [-0.3, -0.25) is 0 Å². The van der Waals surface area contributed by atoms with E-state index in [0.717, 1.165) is 19.7 Å². The van der Waals surface area contributed by atoms with Crippen LogP contribution in [0.4, 0.5) is 5.69 Å². The molecule has 1 fully saturated rings. The second-order valence-electron chi connectivity index (χ2n) is 6.52. The van der Waals surface area contributed by atoms with Crippen LogP contribution in [0.2, 0.25) is 0 Å². The molecule has 1 heterocycles. The Hall–Kier alpha value is -1.06. The third-order valence-electron chi connectivity index (χ3n) is 4.44. The third-order valence-corrected chi connectivity index (χ3v) is 4.44. The number of likely N-dealkylation sites (N-methyl/N-ethyl adjacent to an activating group) is 1. The zero-order valence-electron chi connectivity index (χ0n) is 13.4. The number of hydrogen-bond donors (Lipinski definition) is 1. The highest BCUT2D eigenvalue weighted by Gasteiger charge is 2.33. The Kier molecular flexibility index (Phi) is 4.71. The molecule has 1 aliphatic rings. The Morgan fingerprint density at radius 3 is 2.45 bits per heavy atom. The van der Waals surface area contributed by atoms with E-state index in [2.05, 4.69) is 62.2 Å². The smallest absolute Gasteiger partial charge is 0.0926 e. The molecule has 0 spiro atoms. The molecular formula is C17H28N2O. The fourth-order valence-corrected chi connectivity index (χ4v) is 2.55. The molecule has 3 nitrogen and oxygen atoms in total. The van der Waals surface area contributed by atoms with Crippen LogP contribution in [0.25, 0.3) is 0 Å². The molecule has 0 saturated carbocycles. The van der Waals surface area contributed by atoms with Gasteiger partial charge in [0.05, 0.1) is 12.7 Å². The summed E-state index contributed by atoms with van der Waals surface area (Å²) in [7, 11) is 2.00. The summed E-state index contributed by atoms with van der Waals surface area (Å²) in [5.41, 5.74) is 2.69. The van der Waals surface area contributed by atoms with Crippen molar-refractivity contribution in [2.45, 2.75) is 45.3 Å². The predicted octanol–water partition coefficient (Wildman–Crippen LogP) is 3.01. The summed E-state index contributed by atoms with van der Waals surface area (Å²) >= 11 is 0. The second kappa shape index (κ2) is 6.15. The van der Waals surface area contributed by atoms with Gasteiger partial charge in [-0.05, 0) is 44.5 Å². The lowest BCUT2D eigenvalue weighted by Crippen LogP contribution is -2.57. The van der Waals surface area contributed by atoms with Crippen molar-refractivity contribution in [3.05, 3.63) is 29.8 Å². The molecule has 2 rings (SSSR count). The van der Waals surface area contributed by atoms with Crippen LogP contribution in [-0.4, -0.2) is 38.4 Å². The van der Waals surface area contributed by atoms with E-state index in [9.17, 15) is 0 Å². The van der Waals surface area contributed by atoms with E-state index in [0.29, 0.717) is 5.92 Å². The van der Waals surface area contributed by atoms with Crippen molar-refractivity contribution < 1.29 is 4.74 Å². The van der Waals surface area contributed by atoms with Crippen LogP contribution in [0.3, 0.4) is 0 Å². The molecule has 0 radical (unpaired) electrons. The Labute approximate surface area is 123 Å². The van der Waals surface area contributed by atoms with Gasteiger partial charge in [0, 0.05) is 24.3 Å². The molecule has 0 unspecified atom stereocenters. The Morgan fingerprint density at radius 2 is 1.90 bits per heavy atom. The summed E-state index contributed by atoms with van der Waals surface area (Å²) in [6.45, 7) is 11.6. The number of ether oxygens (including phenoxy) is 1. The quantitative estimate of drug-likeness (QED) is 0.915. The summed E-state index contributed by atoms with van der Waals surface area (Å²) in [6.07, 6.45) is 0.214. The topological polar surface area (TPSA) is 24.5 Å². The predicted molar refractivity (Wildman–Crippen MR) is 85.6 cm³/mol. The van der Waals surface area contributed by atoms with Crippen LogP contribution >= 0.6 is 0 Å². The highest BCUT2D eigenvalue weighted by atomic mass is 16.5. The van der Waals surface area contributed by atoms with Gasteiger partial charge in [0.1, 0.15) is 0 Å². The molecule has 0 aliphatic carbocycles. The van der Waals surface area contributed by atoms with Crippen molar-refractivity contribution in [2.75, 3.05) is 31.6 Å². The van der Waals surface area contributed by atoms with Crippen molar-refractivity contribution in [2.24, 2.45) is 0 Å². The van der Waals surface area contributed by atoms with Crippen LogP contribution in [0.15, 0.2) is 24.3 Å². The number of nitrogens with one attached hydrogen (secondary N) is 1. The Bertz CT molecular complexity index is 425. The summed E-state index contributed by atoms with van der Waals surface area (Å²) < 4.78 is 5.94. The van der Waals surface area contributed by atoms with E-state index in [1.165, 1.54) is 11.3 Å². The van der Waals surface area contributed by atoms with E-state index < -0.39 is 0 Å². The SMILES string of the molecule is CNC(C)(C)[C@@H]1CN(c2ccc(C(C)C)cc2)CCO1. The molecule has 3 heteroatoms. The van der Waals surface area contributed by atoms with E-state index in [1.807, 2.05) is 7.05 Å². The summed E-state index contributed by atoms with van der Waals surface area (Å²) in [5.74, 6) is 0.588. The van der Waals surface area contributed by atoms with Crippen molar-refractivity contribution in [3.8, 4) is 0 Å². The first-order chi connectivity index (χ1) is 9.44. The third kappa shape index (κ3) is 3.33. The van der Waals surface area contributed by atoms with Crippen LogP contribution in [-0.2, 0) is 4.74 Å². The molecular weight excluding hydrogens is 248 g/mol. The average molecular weight is 276 g/mol. The lowest BCUT2D eigenvalue weighted by atomic mass is 9.95. The molecule has 112 valence electrons. The molecule has 1 N–H and O–H groups in total. The summed E-state index contributed by atoms with van der Waals surface area (Å²) in [4.78, 5) is 2.43.